The van der Waals surface area contributed by atoms with E-state index in [1.807, 2.05) is 24.3 Å². The Morgan fingerprint density at radius 3 is 2.43 bits per heavy atom. The summed E-state index contributed by atoms with van der Waals surface area (Å²) in [5.74, 6) is 0.279. The summed E-state index contributed by atoms with van der Waals surface area (Å²) >= 11 is 0. The monoisotopic (exact) mass is 207 g/mol. The lowest BCUT2D eigenvalue weighted by molar-refractivity contribution is 0.475. The summed E-state index contributed by atoms with van der Waals surface area (Å²) in [4.78, 5) is 4.01. The number of aromatic hydroxyl groups is 1. The molecule has 1 aromatic carbocycles. The minimum Gasteiger partial charge on any atom is -0.508 e. The van der Waals surface area contributed by atoms with Crippen LogP contribution < -0.4 is 0 Å². The standard InChI is InChI=1S/C11H9NO.ClH/c13-11-5-1-3-9(7-11)10-4-2-6-12-8-10;/h1-8,13H;1H. The van der Waals surface area contributed by atoms with Crippen LogP contribution in [0.5, 0.6) is 5.75 Å². The van der Waals surface area contributed by atoms with E-state index in [0.717, 1.165) is 11.1 Å². The largest absolute Gasteiger partial charge is 0.508 e. The van der Waals surface area contributed by atoms with Gasteiger partial charge >= 0.3 is 0 Å². The molecular weight excluding hydrogens is 198 g/mol. The van der Waals surface area contributed by atoms with Crippen molar-refractivity contribution in [1.82, 2.24) is 4.98 Å². The molecule has 14 heavy (non-hydrogen) atoms. The Morgan fingerprint density at radius 1 is 1.00 bits per heavy atom. The number of rotatable bonds is 1. The highest BCUT2D eigenvalue weighted by Crippen LogP contribution is 2.21. The predicted octanol–water partition coefficient (Wildman–Crippen LogP) is 2.88. The summed E-state index contributed by atoms with van der Waals surface area (Å²) in [5.41, 5.74) is 1.99. The van der Waals surface area contributed by atoms with Crippen LogP contribution in [0.15, 0.2) is 48.8 Å². The summed E-state index contributed by atoms with van der Waals surface area (Å²) in [7, 11) is 0. The highest BCUT2D eigenvalue weighted by molar-refractivity contribution is 5.85. The smallest absolute Gasteiger partial charge is 0.116 e. The molecular formula is C11H10ClNO. The third-order valence-corrected chi connectivity index (χ3v) is 1.84. The molecule has 0 saturated heterocycles. The maximum Gasteiger partial charge on any atom is 0.116 e. The van der Waals surface area contributed by atoms with Gasteiger partial charge in [0.15, 0.2) is 0 Å². The van der Waals surface area contributed by atoms with E-state index in [1.165, 1.54) is 0 Å². The SMILES string of the molecule is Cl.Oc1cccc(-c2cccnc2)c1. The van der Waals surface area contributed by atoms with Crippen molar-refractivity contribution >= 4 is 12.4 Å². The Bertz CT molecular complexity index is 403. The Hall–Kier alpha value is -1.54. The molecule has 2 nitrogen and oxygen atoms in total. The molecule has 3 heteroatoms. The molecule has 0 aliphatic heterocycles. The topological polar surface area (TPSA) is 33.1 Å². The summed E-state index contributed by atoms with van der Waals surface area (Å²) in [6, 6.07) is 11.0. The number of halogens is 1. The van der Waals surface area contributed by atoms with Crippen LogP contribution in [0, 0.1) is 0 Å². The number of pyridine rings is 1. The molecule has 2 aromatic rings. The van der Waals surface area contributed by atoms with Gasteiger partial charge in [0.2, 0.25) is 0 Å². The molecule has 0 radical (unpaired) electrons. The van der Waals surface area contributed by atoms with Gasteiger partial charge in [0.1, 0.15) is 5.75 Å². The zero-order valence-corrected chi connectivity index (χ0v) is 8.24. The van der Waals surface area contributed by atoms with E-state index in [-0.39, 0.29) is 18.2 Å². The molecule has 1 aromatic heterocycles. The van der Waals surface area contributed by atoms with Crippen molar-refractivity contribution in [3.8, 4) is 16.9 Å². The molecule has 0 aliphatic carbocycles. The molecule has 0 fully saturated rings. The summed E-state index contributed by atoms with van der Waals surface area (Å²) in [6.45, 7) is 0. The van der Waals surface area contributed by atoms with Gasteiger partial charge in [-0.25, -0.2) is 0 Å². The van der Waals surface area contributed by atoms with E-state index in [0.29, 0.717) is 0 Å². The van der Waals surface area contributed by atoms with E-state index in [2.05, 4.69) is 4.98 Å². The van der Waals surface area contributed by atoms with Crippen LogP contribution in [0.3, 0.4) is 0 Å². The second-order valence-corrected chi connectivity index (χ2v) is 2.79. The van der Waals surface area contributed by atoms with Gasteiger partial charge in [-0.05, 0) is 23.8 Å². The first-order valence-corrected chi connectivity index (χ1v) is 4.06. The second-order valence-electron chi connectivity index (χ2n) is 2.79. The highest BCUT2D eigenvalue weighted by Gasteiger charge is 1.96. The third kappa shape index (κ3) is 2.24. The lowest BCUT2D eigenvalue weighted by atomic mass is 10.1. The Labute approximate surface area is 88.7 Å². The van der Waals surface area contributed by atoms with Gasteiger partial charge in [0, 0.05) is 18.0 Å². The van der Waals surface area contributed by atoms with Crippen LogP contribution in [0.4, 0.5) is 0 Å². The molecule has 0 bridgehead atoms. The molecule has 72 valence electrons. The second kappa shape index (κ2) is 4.63. The normalized spacial score (nSPS) is 9.14. The Morgan fingerprint density at radius 2 is 1.79 bits per heavy atom. The fourth-order valence-electron chi connectivity index (χ4n) is 1.22. The number of hydrogen-bond acceptors (Lipinski definition) is 2. The average Bonchev–Trinajstić information content (AvgIpc) is 2.19. The first-order chi connectivity index (χ1) is 6.36. The minimum absolute atomic E-state index is 0. The molecule has 0 saturated carbocycles. The number of phenols is 1. The van der Waals surface area contributed by atoms with Crippen molar-refractivity contribution in [3.05, 3.63) is 48.8 Å². The number of phenolic OH excluding ortho intramolecular Hbond substituents is 1. The van der Waals surface area contributed by atoms with Gasteiger partial charge in [0.25, 0.3) is 0 Å². The van der Waals surface area contributed by atoms with Crippen molar-refractivity contribution < 1.29 is 5.11 Å². The van der Waals surface area contributed by atoms with Gasteiger partial charge in [-0.2, -0.15) is 0 Å². The van der Waals surface area contributed by atoms with E-state index in [4.69, 9.17) is 0 Å². The molecule has 0 amide bonds. The first-order valence-electron chi connectivity index (χ1n) is 4.06. The molecule has 0 aliphatic rings. The van der Waals surface area contributed by atoms with Crippen molar-refractivity contribution in [1.29, 1.82) is 0 Å². The lowest BCUT2D eigenvalue weighted by Crippen LogP contribution is -1.77. The number of hydrogen-bond donors (Lipinski definition) is 1. The average molecular weight is 208 g/mol. The maximum atomic E-state index is 9.25. The Balaban J connectivity index is 0.000000980. The number of benzene rings is 1. The van der Waals surface area contributed by atoms with Crippen LogP contribution >= 0.6 is 12.4 Å². The van der Waals surface area contributed by atoms with Crippen LogP contribution in [-0.4, -0.2) is 10.1 Å². The van der Waals surface area contributed by atoms with E-state index < -0.39 is 0 Å². The van der Waals surface area contributed by atoms with Gasteiger partial charge < -0.3 is 5.11 Å². The van der Waals surface area contributed by atoms with Crippen molar-refractivity contribution in [2.45, 2.75) is 0 Å². The van der Waals surface area contributed by atoms with Crippen LogP contribution in [0.25, 0.3) is 11.1 Å². The fraction of sp³-hybridized carbons (Fsp3) is 0. The summed E-state index contributed by atoms with van der Waals surface area (Å²) in [5, 5.41) is 9.25. The molecule has 2 rings (SSSR count). The zero-order valence-electron chi connectivity index (χ0n) is 7.42. The van der Waals surface area contributed by atoms with Crippen LogP contribution in [0.2, 0.25) is 0 Å². The Kier molecular flexibility index (Phi) is 3.48. The van der Waals surface area contributed by atoms with Crippen LogP contribution in [0.1, 0.15) is 0 Å². The summed E-state index contributed by atoms with van der Waals surface area (Å²) < 4.78 is 0. The minimum atomic E-state index is 0. The van der Waals surface area contributed by atoms with Crippen molar-refractivity contribution in [2.75, 3.05) is 0 Å². The fourth-order valence-corrected chi connectivity index (χ4v) is 1.22. The van der Waals surface area contributed by atoms with Gasteiger partial charge in [-0.1, -0.05) is 18.2 Å². The maximum absolute atomic E-state index is 9.25. The van der Waals surface area contributed by atoms with Gasteiger partial charge in [-0.3, -0.25) is 4.98 Å². The first kappa shape index (κ1) is 10.5. The van der Waals surface area contributed by atoms with Crippen molar-refractivity contribution in [2.24, 2.45) is 0 Å². The predicted molar refractivity (Wildman–Crippen MR) is 58.6 cm³/mol. The van der Waals surface area contributed by atoms with E-state index >= 15 is 0 Å². The van der Waals surface area contributed by atoms with E-state index in [9.17, 15) is 5.11 Å². The molecule has 1 heterocycles. The summed E-state index contributed by atoms with van der Waals surface area (Å²) in [6.07, 6.45) is 3.50. The molecule has 0 unspecified atom stereocenters. The van der Waals surface area contributed by atoms with Crippen molar-refractivity contribution in [3.63, 3.8) is 0 Å². The third-order valence-electron chi connectivity index (χ3n) is 1.84. The quantitative estimate of drug-likeness (QED) is 0.780. The van der Waals surface area contributed by atoms with Crippen LogP contribution in [-0.2, 0) is 0 Å². The number of aromatic nitrogens is 1. The zero-order chi connectivity index (χ0) is 9.10. The highest BCUT2D eigenvalue weighted by atomic mass is 35.5. The van der Waals surface area contributed by atoms with Gasteiger partial charge in [0.05, 0.1) is 0 Å². The molecule has 0 atom stereocenters. The number of nitrogens with zero attached hydrogens (tertiary/aromatic N) is 1. The van der Waals surface area contributed by atoms with E-state index in [1.54, 1.807) is 24.5 Å². The molecule has 1 N–H and O–H groups in total. The lowest BCUT2D eigenvalue weighted by Gasteiger charge is -2.00. The molecule has 0 spiro atoms. The van der Waals surface area contributed by atoms with Gasteiger partial charge in [-0.15, -0.1) is 12.4 Å².